The van der Waals surface area contributed by atoms with E-state index in [1.165, 1.54) is 7.11 Å². The number of benzene rings is 1. The molecular weight excluding hydrogens is 354 g/mol. The second-order valence-corrected chi connectivity index (χ2v) is 6.49. The van der Waals surface area contributed by atoms with Crippen LogP contribution in [0, 0.1) is 6.92 Å². The van der Waals surface area contributed by atoms with E-state index < -0.39 is 5.97 Å². The number of hydrogen-bond donors (Lipinski definition) is 2. The van der Waals surface area contributed by atoms with Crippen LogP contribution in [0.5, 0.6) is 0 Å². The van der Waals surface area contributed by atoms with Crippen molar-refractivity contribution in [3.05, 3.63) is 40.7 Å². The highest BCUT2D eigenvalue weighted by Gasteiger charge is 2.10. The van der Waals surface area contributed by atoms with Crippen LogP contribution in [0.25, 0.3) is 0 Å². The molecule has 140 valence electrons. The molecule has 8 heteroatoms. The molecule has 0 aliphatic heterocycles. The second kappa shape index (κ2) is 9.35. The van der Waals surface area contributed by atoms with Crippen molar-refractivity contribution in [1.82, 2.24) is 14.9 Å². The van der Waals surface area contributed by atoms with Gasteiger partial charge in [-0.3, -0.25) is 0 Å². The van der Waals surface area contributed by atoms with Crippen LogP contribution in [-0.2, 0) is 4.74 Å². The third kappa shape index (κ3) is 5.86. The number of esters is 1. The molecule has 0 radical (unpaired) electrons. The van der Waals surface area contributed by atoms with E-state index in [-0.39, 0.29) is 0 Å². The number of carbonyl (C=O) groups is 1. The first-order valence-corrected chi connectivity index (χ1v) is 8.66. The van der Waals surface area contributed by atoms with Gasteiger partial charge in [0.1, 0.15) is 17.5 Å². The van der Waals surface area contributed by atoms with Gasteiger partial charge < -0.3 is 20.3 Å². The number of rotatable bonds is 8. The van der Waals surface area contributed by atoms with Crippen molar-refractivity contribution in [3.63, 3.8) is 0 Å². The summed E-state index contributed by atoms with van der Waals surface area (Å²) in [4.78, 5) is 22.6. The molecule has 7 nitrogen and oxygen atoms in total. The van der Waals surface area contributed by atoms with Crippen LogP contribution < -0.4 is 10.6 Å². The zero-order valence-corrected chi connectivity index (χ0v) is 16.2. The monoisotopic (exact) mass is 377 g/mol. The highest BCUT2D eigenvalue weighted by atomic mass is 35.5. The predicted octanol–water partition coefficient (Wildman–Crippen LogP) is 3.33. The van der Waals surface area contributed by atoms with E-state index in [4.69, 9.17) is 16.3 Å². The van der Waals surface area contributed by atoms with Gasteiger partial charge in [0.2, 0.25) is 0 Å². The average Bonchev–Trinajstić information content (AvgIpc) is 2.59. The standard InChI is InChI=1S/C18H24ClN5O2/c1-12-21-16(20-8-5-9-24(2)3)11-17(22-12)23-15-10-13(18(25)26-4)6-7-14(15)19/h6-7,10-11H,5,8-9H2,1-4H3,(H2,20,21,22,23). The highest BCUT2D eigenvalue weighted by Crippen LogP contribution is 2.27. The molecule has 0 fully saturated rings. The summed E-state index contributed by atoms with van der Waals surface area (Å²) in [7, 11) is 5.43. The fraction of sp³-hybridized carbons (Fsp3) is 0.389. The van der Waals surface area contributed by atoms with Crippen molar-refractivity contribution >= 4 is 34.9 Å². The molecular formula is C18H24ClN5O2. The van der Waals surface area contributed by atoms with E-state index in [9.17, 15) is 4.79 Å². The SMILES string of the molecule is COC(=O)c1ccc(Cl)c(Nc2cc(NCCCN(C)C)nc(C)n2)c1. The number of carbonyl (C=O) groups excluding carboxylic acids is 1. The summed E-state index contributed by atoms with van der Waals surface area (Å²) in [5, 5.41) is 6.92. The van der Waals surface area contributed by atoms with Crippen molar-refractivity contribution in [1.29, 1.82) is 0 Å². The number of aryl methyl sites for hydroxylation is 1. The zero-order valence-electron chi connectivity index (χ0n) is 15.5. The van der Waals surface area contributed by atoms with Gasteiger partial charge in [-0.05, 0) is 52.2 Å². The molecule has 26 heavy (non-hydrogen) atoms. The number of anilines is 3. The molecule has 0 atom stereocenters. The van der Waals surface area contributed by atoms with Gasteiger partial charge in [0, 0.05) is 12.6 Å². The van der Waals surface area contributed by atoms with E-state index >= 15 is 0 Å². The van der Waals surface area contributed by atoms with Crippen molar-refractivity contribution in [2.75, 3.05) is 44.9 Å². The van der Waals surface area contributed by atoms with Gasteiger partial charge in [-0.1, -0.05) is 11.6 Å². The Morgan fingerprint density at radius 3 is 2.65 bits per heavy atom. The Bertz CT molecular complexity index is 767. The highest BCUT2D eigenvalue weighted by molar-refractivity contribution is 6.33. The molecule has 2 rings (SSSR count). The minimum Gasteiger partial charge on any atom is -0.465 e. The molecule has 0 unspecified atom stereocenters. The molecule has 0 saturated carbocycles. The van der Waals surface area contributed by atoms with Crippen molar-refractivity contribution < 1.29 is 9.53 Å². The minimum absolute atomic E-state index is 0.409. The fourth-order valence-corrected chi connectivity index (χ4v) is 2.50. The smallest absolute Gasteiger partial charge is 0.337 e. The second-order valence-electron chi connectivity index (χ2n) is 6.08. The van der Waals surface area contributed by atoms with Gasteiger partial charge in [-0.2, -0.15) is 0 Å². The first-order valence-electron chi connectivity index (χ1n) is 8.28. The average molecular weight is 378 g/mol. The molecule has 0 aliphatic rings. The first-order chi connectivity index (χ1) is 12.4. The number of halogens is 1. The van der Waals surface area contributed by atoms with E-state index in [0.29, 0.717) is 27.9 Å². The number of aromatic nitrogens is 2. The Morgan fingerprint density at radius 2 is 1.96 bits per heavy atom. The maximum atomic E-state index is 11.7. The van der Waals surface area contributed by atoms with Crippen LogP contribution >= 0.6 is 11.6 Å². The summed E-state index contributed by atoms with van der Waals surface area (Å²) in [5.41, 5.74) is 0.985. The third-order valence-electron chi connectivity index (χ3n) is 3.58. The summed E-state index contributed by atoms with van der Waals surface area (Å²) in [5.74, 6) is 1.53. The van der Waals surface area contributed by atoms with E-state index in [2.05, 4.69) is 25.5 Å². The Morgan fingerprint density at radius 1 is 1.23 bits per heavy atom. The van der Waals surface area contributed by atoms with Crippen molar-refractivity contribution in [2.24, 2.45) is 0 Å². The van der Waals surface area contributed by atoms with E-state index in [0.717, 1.165) is 25.3 Å². The molecule has 0 saturated heterocycles. The molecule has 0 spiro atoms. The molecule has 1 heterocycles. The number of methoxy groups -OCH3 is 1. The van der Waals surface area contributed by atoms with Gasteiger partial charge in [0.25, 0.3) is 0 Å². The summed E-state index contributed by atoms with van der Waals surface area (Å²) in [6.45, 7) is 3.63. The number of hydrogen-bond acceptors (Lipinski definition) is 7. The van der Waals surface area contributed by atoms with Crippen LogP contribution in [0.1, 0.15) is 22.6 Å². The topological polar surface area (TPSA) is 79.4 Å². The lowest BCUT2D eigenvalue weighted by Crippen LogP contribution is -2.16. The summed E-state index contributed by atoms with van der Waals surface area (Å²) in [6.07, 6.45) is 1.01. The van der Waals surface area contributed by atoms with E-state index in [1.54, 1.807) is 18.2 Å². The molecule has 0 amide bonds. The van der Waals surface area contributed by atoms with Crippen molar-refractivity contribution in [2.45, 2.75) is 13.3 Å². The van der Waals surface area contributed by atoms with Gasteiger partial charge in [-0.25, -0.2) is 14.8 Å². The Balaban J connectivity index is 2.13. The van der Waals surface area contributed by atoms with Gasteiger partial charge in [-0.15, -0.1) is 0 Å². The first kappa shape index (κ1) is 19.9. The quantitative estimate of drug-likeness (QED) is 0.539. The van der Waals surface area contributed by atoms with Gasteiger partial charge in [0.15, 0.2) is 0 Å². The van der Waals surface area contributed by atoms with Crippen LogP contribution in [-0.4, -0.2) is 55.1 Å². The molecule has 2 N–H and O–H groups in total. The van der Waals surface area contributed by atoms with Crippen LogP contribution in [0.15, 0.2) is 24.3 Å². The van der Waals surface area contributed by atoms with Crippen molar-refractivity contribution in [3.8, 4) is 0 Å². The van der Waals surface area contributed by atoms with Crippen LogP contribution in [0.3, 0.4) is 0 Å². The lowest BCUT2D eigenvalue weighted by atomic mass is 10.2. The molecule has 0 bridgehead atoms. The fourth-order valence-electron chi connectivity index (χ4n) is 2.34. The largest absolute Gasteiger partial charge is 0.465 e. The van der Waals surface area contributed by atoms with Crippen LogP contribution in [0.4, 0.5) is 17.3 Å². The predicted molar refractivity (Wildman–Crippen MR) is 105 cm³/mol. The number of ether oxygens (including phenoxy) is 1. The minimum atomic E-state index is -0.424. The van der Waals surface area contributed by atoms with Gasteiger partial charge in [0.05, 0.1) is 23.4 Å². The number of nitrogens with one attached hydrogen (secondary N) is 2. The van der Waals surface area contributed by atoms with Crippen LogP contribution in [0.2, 0.25) is 5.02 Å². The molecule has 0 aliphatic carbocycles. The maximum Gasteiger partial charge on any atom is 0.337 e. The normalized spacial score (nSPS) is 10.7. The lowest BCUT2D eigenvalue weighted by Gasteiger charge is -2.13. The molecule has 2 aromatic rings. The Kier molecular flexibility index (Phi) is 7.17. The summed E-state index contributed by atoms with van der Waals surface area (Å²) >= 11 is 6.23. The van der Waals surface area contributed by atoms with Gasteiger partial charge >= 0.3 is 5.97 Å². The molecule has 1 aromatic heterocycles. The third-order valence-corrected chi connectivity index (χ3v) is 3.91. The number of nitrogens with zero attached hydrogens (tertiary/aromatic N) is 3. The summed E-state index contributed by atoms with van der Waals surface area (Å²) in [6, 6.07) is 6.70. The Labute approximate surface area is 158 Å². The molecule has 1 aromatic carbocycles. The maximum absolute atomic E-state index is 11.7. The summed E-state index contributed by atoms with van der Waals surface area (Å²) < 4.78 is 4.74. The zero-order chi connectivity index (χ0) is 19.1. The lowest BCUT2D eigenvalue weighted by molar-refractivity contribution is 0.0601. The Hall–Kier alpha value is -2.38. The van der Waals surface area contributed by atoms with E-state index in [1.807, 2.05) is 27.1 Å².